The van der Waals surface area contributed by atoms with Crippen LogP contribution >= 0.6 is 0 Å². The first-order chi connectivity index (χ1) is 16.5. The molecular formula is C25H31FN4O5. The Labute approximate surface area is 203 Å². The monoisotopic (exact) mass is 486 g/mol. The number of carbonyl (C=O) groups excluding carboxylic acids is 3. The predicted molar refractivity (Wildman–Crippen MR) is 129 cm³/mol. The third kappa shape index (κ3) is 6.91. The van der Waals surface area contributed by atoms with E-state index in [2.05, 4.69) is 25.7 Å². The summed E-state index contributed by atoms with van der Waals surface area (Å²) in [6, 6.07) is 5.83. The lowest BCUT2D eigenvalue weighted by molar-refractivity contribution is -0.119. The Morgan fingerprint density at radius 2 is 1.91 bits per heavy atom. The van der Waals surface area contributed by atoms with Crippen molar-refractivity contribution in [3.05, 3.63) is 42.0 Å². The number of hydrogen-bond donors (Lipinski definition) is 3. The quantitative estimate of drug-likeness (QED) is 0.490. The first-order valence-corrected chi connectivity index (χ1v) is 11.4. The largest absolute Gasteiger partial charge is 0.453 e. The normalized spacial score (nSPS) is 18.2. The smallest absolute Gasteiger partial charge is 0.411 e. The van der Waals surface area contributed by atoms with Crippen molar-refractivity contribution in [2.45, 2.75) is 58.6 Å². The number of nitrogens with one attached hydrogen (secondary N) is 3. The van der Waals surface area contributed by atoms with Gasteiger partial charge in [-0.1, -0.05) is 19.4 Å². The first kappa shape index (κ1) is 25.9. The molecule has 0 spiro atoms. The molecule has 2 atom stereocenters. The van der Waals surface area contributed by atoms with E-state index in [1.54, 1.807) is 52.0 Å². The Balaban J connectivity index is 2.06. The van der Waals surface area contributed by atoms with Gasteiger partial charge in [0.05, 0.1) is 18.8 Å². The minimum absolute atomic E-state index is 0.200. The van der Waals surface area contributed by atoms with E-state index in [0.717, 1.165) is 0 Å². The van der Waals surface area contributed by atoms with Gasteiger partial charge < -0.3 is 20.1 Å². The van der Waals surface area contributed by atoms with E-state index in [4.69, 9.17) is 4.74 Å². The highest BCUT2D eigenvalue weighted by Gasteiger charge is 2.26. The van der Waals surface area contributed by atoms with E-state index in [0.29, 0.717) is 41.8 Å². The lowest BCUT2D eigenvalue weighted by Crippen LogP contribution is -2.35. The van der Waals surface area contributed by atoms with Crippen LogP contribution in [0.25, 0.3) is 11.1 Å². The Bertz CT molecular complexity index is 1120. The van der Waals surface area contributed by atoms with Crippen LogP contribution in [0.4, 0.5) is 25.4 Å². The molecule has 0 saturated carbocycles. The molecule has 3 N–H and O–H groups in total. The summed E-state index contributed by atoms with van der Waals surface area (Å²) in [5.41, 5.74) is 1.45. The summed E-state index contributed by atoms with van der Waals surface area (Å²) in [4.78, 5) is 40.9. The van der Waals surface area contributed by atoms with Gasteiger partial charge in [-0.2, -0.15) is 4.39 Å². The van der Waals surface area contributed by atoms with Gasteiger partial charge in [0, 0.05) is 34.5 Å². The molecule has 0 fully saturated rings. The van der Waals surface area contributed by atoms with Crippen molar-refractivity contribution < 1.29 is 28.2 Å². The number of ether oxygens (including phenoxy) is 2. The van der Waals surface area contributed by atoms with Crippen molar-refractivity contribution in [2.75, 3.05) is 17.7 Å². The number of hydrogen-bond acceptors (Lipinski definition) is 6. The van der Waals surface area contributed by atoms with Crippen LogP contribution in [0.1, 0.15) is 58.6 Å². The zero-order valence-electron chi connectivity index (χ0n) is 20.5. The number of rotatable bonds is 2. The van der Waals surface area contributed by atoms with E-state index in [-0.39, 0.29) is 17.4 Å². The number of aromatic nitrogens is 1. The fourth-order valence-electron chi connectivity index (χ4n) is 3.77. The summed E-state index contributed by atoms with van der Waals surface area (Å²) in [7, 11) is 1.25. The molecule has 35 heavy (non-hydrogen) atoms. The molecule has 1 aromatic heterocycles. The van der Waals surface area contributed by atoms with E-state index in [1.807, 2.05) is 0 Å². The van der Waals surface area contributed by atoms with Gasteiger partial charge in [0.1, 0.15) is 5.60 Å². The SMILES string of the molecule is COC(=O)Nc1ccc2c(c1)NC(=O)C(C)CCC[C@H](NC(=O)OC(C)(C)C)c1cc-2cnc1F. The Kier molecular flexibility index (Phi) is 7.93. The molecule has 3 amide bonds. The first-order valence-electron chi connectivity index (χ1n) is 11.4. The summed E-state index contributed by atoms with van der Waals surface area (Å²) >= 11 is 0. The summed E-state index contributed by atoms with van der Waals surface area (Å²) < 4.78 is 24.9. The van der Waals surface area contributed by atoms with E-state index in [9.17, 15) is 18.8 Å². The number of methoxy groups -OCH3 is 1. The third-order valence-corrected chi connectivity index (χ3v) is 5.53. The van der Waals surface area contributed by atoms with E-state index < -0.39 is 29.8 Å². The fraction of sp³-hybridized carbons (Fsp3) is 0.440. The highest BCUT2D eigenvalue weighted by Crippen LogP contribution is 2.35. The van der Waals surface area contributed by atoms with Crippen LogP contribution in [0.15, 0.2) is 30.5 Å². The second kappa shape index (κ2) is 10.7. The van der Waals surface area contributed by atoms with Crippen LogP contribution < -0.4 is 16.0 Å². The summed E-state index contributed by atoms with van der Waals surface area (Å²) in [6.07, 6.45) is 1.51. The maximum absolute atomic E-state index is 14.9. The second-order valence-electron chi connectivity index (χ2n) is 9.50. The van der Waals surface area contributed by atoms with Crippen LogP contribution in [0.3, 0.4) is 0 Å². The Morgan fingerprint density at radius 3 is 2.60 bits per heavy atom. The van der Waals surface area contributed by atoms with E-state index >= 15 is 0 Å². The number of pyridine rings is 1. The van der Waals surface area contributed by atoms with Gasteiger partial charge in [-0.05, 0) is 51.8 Å². The van der Waals surface area contributed by atoms with Crippen molar-refractivity contribution in [1.82, 2.24) is 10.3 Å². The minimum Gasteiger partial charge on any atom is -0.453 e. The molecule has 1 unspecified atom stereocenters. The molecule has 2 aromatic rings. The molecule has 2 bridgehead atoms. The lowest BCUT2D eigenvalue weighted by atomic mass is 9.94. The van der Waals surface area contributed by atoms with Crippen molar-refractivity contribution in [1.29, 1.82) is 0 Å². The topological polar surface area (TPSA) is 119 Å². The molecule has 0 saturated heterocycles. The Hall–Kier alpha value is -3.69. The molecule has 9 nitrogen and oxygen atoms in total. The van der Waals surface area contributed by atoms with Gasteiger partial charge in [0.15, 0.2) is 0 Å². The number of alkyl carbamates (subject to hydrolysis) is 1. The van der Waals surface area contributed by atoms with Crippen LogP contribution in [0.2, 0.25) is 0 Å². The minimum atomic E-state index is -0.713. The van der Waals surface area contributed by atoms with Crippen LogP contribution in [-0.2, 0) is 14.3 Å². The molecule has 2 heterocycles. The summed E-state index contributed by atoms with van der Waals surface area (Å²) in [6.45, 7) is 7.04. The zero-order valence-corrected chi connectivity index (χ0v) is 20.5. The highest BCUT2D eigenvalue weighted by molar-refractivity contribution is 5.98. The van der Waals surface area contributed by atoms with Crippen LogP contribution in [0.5, 0.6) is 0 Å². The predicted octanol–water partition coefficient (Wildman–Crippen LogP) is 5.39. The molecule has 188 valence electrons. The highest BCUT2D eigenvalue weighted by atomic mass is 19.1. The second-order valence-corrected chi connectivity index (χ2v) is 9.50. The average molecular weight is 487 g/mol. The molecule has 1 aliphatic rings. The number of fused-ring (bicyclic) bond motifs is 4. The third-order valence-electron chi connectivity index (χ3n) is 5.53. The summed E-state index contributed by atoms with van der Waals surface area (Å²) in [5.74, 6) is -1.24. The van der Waals surface area contributed by atoms with Crippen molar-refractivity contribution in [3.63, 3.8) is 0 Å². The molecule has 1 aromatic carbocycles. The number of nitrogens with zero attached hydrogens (tertiary/aromatic N) is 1. The van der Waals surface area contributed by atoms with Crippen LogP contribution in [0, 0.1) is 11.9 Å². The van der Waals surface area contributed by atoms with E-state index in [1.165, 1.54) is 13.3 Å². The van der Waals surface area contributed by atoms with Gasteiger partial charge in [0.25, 0.3) is 0 Å². The maximum atomic E-state index is 14.9. The zero-order chi connectivity index (χ0) is 25.8. The molecule has 0 aliphatic carbocycles. The van der Waals surface area contributed by atoms with Gasteiger partial charge >= 0.3 is 12.2 Å². The van der Waals surface area contributed by atoms with Gasteiger partial charge in [-0.25, -0.2) is 14.6 Å². The van der Waals surface area contributed by atoms with Gasteiger partial charge in [0.2, 0.25) is 11.9 Å². The number of amides is 3. The Morgan fingerprint density at radius 1 is 1.17 bits per heavy atom. The molecular weight excluding hydrogens is 455 g/mol. The average Bonchev–Trinajstić information content (AvgIpc) is 2.77. The molecule has 3 rings (SSSR count). The number of carbonyl (C=O) groups is 3. The lowest BCUT2D eigenvalue weighted by Gasteiger charge is -2.25. The number of halogens is 1. The molecule has 0 radical (unpaired) electrons. The maximum Gasteiger partial charge on any atom is 0.411 e. The van der Waals surface area contributed by atoms with Crippen molar-refractivity contribution in [3.8, 4) is 11.1 Å². The standard InChI is InChI=1S/C25H31FN4O5/c1-14-7-6-8-19(30-24(33)35-25(2,3)4)18-11-15(13-27-21(18)26)17-10-9-16(28-23(32)34-5)12-20(17)29-22(14)31/h9-14,19H,6-8H2,1-5H3,(H,28,32)(H,29,31)(H,30,33)/t14?,19-/m0/s1. The van der Waals surface area contributed by atoms with Crippen LogP contribution in [-0.4, -0.2) is 35.8 Å². The van der Waals surface area contributed by atoms with Gasteiger partial charge in [-0.3, -0.25) is 10.1 Å². The molecule has 1 aliphatic heterocycles. The summed E-state index contributed by atoms with van der Waals surface area (Å²) in [5, 5.41) is 8.24. The number of anilines is 2. The van der Waals surface area contributed by atoms with Crippen molar-refractivity contribution >= 4 is 29.5 Å². The number of benzene rings is 1. The van der Waals surface area contributed by atoms with Crippen molar-refractivity contribution in [2.24, 2.45) is 5.92 Å². The van der Waals surface area contributed by atoms with Gasteiger partial charge in [-0.15, -0.1) is 0 Å². The molecule has 10 heteroatoms. The fourth-order valence-corrected chi connectivity index (χ4v) is 3.77.